The van der Waals surface area contributed by atoms with Crippen LogP contribution in [0.3, 0.4) is 0 Å². The van der Waals surface area contributed by atoms with Gasteiger partial charge < -0.3 is 14.8 Å². The van der Waals surface area contributed by atoms with Crippen LogP contribution in [0.2, 0.25) is 0 Å². The summed E-state index contributed by atoms with van der Waals surface area (Å²) in [6.45, 7) is 4.08. The highest BCUT2D eigenvalue weighted by Crippen LogP contribution is 2.36. The molecule has 2 aromatic carbocycles. The molecule has 2 rings (SSSR count). The second kappa shape index (κ2) is 7.92. The van der Waals surface area contributed by atoms with E-state index in [0.717, 1.165) is 23.2 Å². The molecular formula is C18H22N2O2S. The number of benzene rings is 2. The maximum atomic E-state index is 12.5. The van der Waals surface area contributed by atoms with Gasteiger partial charge in [-0.3, -0.25) is 4.79 Å². The molecule has 23 heavy (non-hydrogen) atoms. The number of rotatable bonds is 6. The zero-order valence-corrected chi connectivity index (χ0v) is 14.7. The summed E-state index contributed by atoms with van der Waals surface area (Å²) in [5.41, 5.74) is 4.41. The Morgan fingerprint density at radius 2 is 1.83 bits per heavy atom. The normalized spacial score (nSPS) is 10.3. The number of aryl methyl sites for hydroxylation is 2. The van der Waals surface area contributed by atoms with Gasteiger partial charge in [0, 0.05) is 11.8 Å². The van der Waals surface area contributed by atoms with Crippen LogP contribution in [0, 0.1) is 6.92 Å². The average molecular weight is 330 g/mol. The van der Waals surface area contributed by atoms with E-state index in [2.05, 4.69) is 17.0 Å². The van der Waals surface area contributed by atoms with Gasteiger partial charge in [-0.2, -0.15) is 0 Å². The van der Waals surface area contributed by atoms with Gasteiger partial charge in [0.1, 0.15) is 0 Å². The number of carbonyl (C=O) groups is 1. The fourth-order valence-corrected chi connectivity index (χ4v) is 2.66. The molecule has 0 aliphatic rings. The first-order valence-electron chi connectivity index (χ1n) is 7.47. The van der Waals surface area contributed by atoms with Gasteiger partial charge in [0.15, 0.2) is 5.75 Å². The maximum absolute atomic E-state index is 12.5. The highest BCUT2D eigenvalue weighted by Gasteiger charge is 2.14. The van der Waals surface area contributed by atoms with Crippen molar-refractivity contribution in [1.82, 2.24) is 0 Å². The molecule has 0 unspecified atom stereocenters. The molecule has 0 saturated heterocycles. The van der Waals surface area contributed by atoms with E-state index >= 15 is 0 Å². The zero-order valence-electron chi connectivity index (χ0n) is 13.9. The van der Waals surface area contributed by atoms with E-state index in [1.807, 2.05) is 49.6 Å². The topological polar surface area (TPSA) is 50.4 Å². The standard InChI is InChI=1S/C18H22N2O2S/c1-5-13-10-15(17(22-3)16(11-13)20-23-4)19-18(21)14-8-6-12(2)7-9-14/h6-11,20H,5H2,1-4H3,(H,19,21). The first kappa shape index (κ1) is 17.2. The Hall–Kier alpha value is -2.14. The molecule has 4 nitrogen and oxygen atoms in total. The first-order valence-corrected chi connectivity index (χ1v) is 8.69. The molecule has 0 bridgehead atoms. The van der Waals surface area contributed by atoms with Crippen LogP contribution in [0.25, 0.3) is 0 Å². The largest absolute Gasteiger partial charge is 0.492 e. The molecule has 2 N–H and O–H groups in total. The van der Waals surface area contributed by atoms with Crippen molar-refractivity contribution in [3.63, 3.8) is 0 Å². The van der Waals surface area contributed by atoms with Crippen LogP contribution in [0.15, 0.2) is 36.4 Å². The number of amides is 1. The third-order valence-electron chi connectivity index (χ3n) is 3.54. The van der Waals surface area contributed by atoms with Crippen LogP contribution in [-0.2, 0) is 6.42 Å². The number of hydrogen-bond donors (Lipinski definition) is 2. The summed E-state index contributed by atoms with van der Waals surface area (Å²) < 4.78 is 8.70. The Kier molecular flexibility index (Phi) is 5.93. The quantitative estimate of drug-likeness (QED) is 0.765. The Morgan fingerprint density at radius 3 is 2.39 bits per heavy atom. The summed E-state index contributed by atoms with van der Waals surface area (Å²) in [4.78, 5) is 12.5. The molecule has 5 heteroatoms. The number of anilines is 2. The molecule has 2 aromatic rings. The predicted molar refractivity (Wildman–Crippen MR) is 98.6 cm³/mol. The summed E-state index contributed by atoms with van der Waals surface area (Å²) in [5.74, 6) is 0.490. The highest BCUT2D eigenvalue weighted by atomic mass is 32.2. The van der Waals surface area contributed by atoms with E-state index < -0.39 is 0 Å². The van der Waals surface area contributed by atoms with Gasteiger partial charge in [-0.15, -0.1) is 0 Å². The molecular weight excluding hydrogens is 308 g/mol. The van der Waals surface area contributed by atoms with Crippen molar-refractivity contribution in [1.29, 1.82) is 0 Å². The van der Waals surface area contributed by atoms with Crippen LogP contribution < -0.4 is 14.8 Å². The Morgan fingerprint density at radius 1 is 1.17 bits per heavy atom. The molecule has 0 atom stereocenters. The van der Waals surface area contributed by atoms with Crippen LogP contribution in [-0.4, -0.2) is 19.3 Å². The molecule has 0 heterocycles. The lowest BCUT2D eigenvalue weighted by Crippen LogP contribution is -2.13. The van der Waals surface area contributed by atoms with Crippen molar-refractivity contribution in [2.45, 2.75) is 20.3 Å². The van der Waals surface area contributed by atoms with Crippen molar-refractivity contribution in [2.75, 3.05) is 23.4 Å². The monoisotopic (exact) mass is 330 g/mol. The number of ether oxygens (including phenoxy) is 1. The summed E-state index contributed by atoms with van der Waals surface area (Å²) >= 11 is 1.49. The lowest BCUT2D eigenvalue weighted by molar-refractivity contribution is 0.102. The summed E-state index contributed by atoms with van der Waals surface area (Å²) in [6.07, 6.45) is 2.82. The van der Waals surface area contributed by atoms with Gasteiger partial charge in [-0.1, -0.05) is 36.6 Å². The van der Waals surface area contributed by atoms with Gasteiger partial charge in [-0.25, -0.2) is 0 Å². The second-order valence-corrected chi connectivity index (χ2v) is 5.82. The lowest BCUT2D eigenvalue weighted by atomic mass is 10.1. The van der Waals surface area contributed by atoms with Crippen molar-refractivity contribution in [3.8, 4) is 5.75 Å². The fraction of sp³-hybridized carbons (Fsp3) is 0.278. The van der Waals surface area contributed by atoms with Crippen molar-refractivity contribution < 1.29 is 9.53 Å². The van der Waals surface area contributed by atoms with E-state index in [4.69, 9.17) is 4.74 Å². The molecule has 0 radical (unpaired) electrons. The summed E-state index contributed by atoms with van der Waals surface area (Å²) in [7, 11) is 1.61. The van der Waals surface area contributed by atoms with E-state index in [1.165, 1.54) is 11.9 Å². The average Bonchev–Trinajstić information content (AvgIpc) is 2.55. The van der Waals surface area contributed by atoms with Gasteiger partial charge in [0.05, 0.1) is 18.5 Å². The third kappa shape index (κ3) is 4.20. The van der Waals surface area contributed by atoms with Crippen molar-refractivity contribution >= 4 is 29.2 Å². The van der Waals surface area contributed by atoms with Crippen LogP contribution in [0.5, 0.6) is 5.75 Å². The zero-order chi connectivity index (χ0) is 16.8. The van der Waals surface area contributed by atoms with Gasteiger partial charge in [0.2, 0.25) is 0 Å². The molecule has 0 aliphatic heterocycles. The van der Waals surface area contributed by atoms with Crippen LogP contribution in [0.1, 0.15) is 28.4 Å². The van der Waals surface area contributed by atoms with Gasteiger partial charge in [0.25, 0.3) is 5.91 Å². The van der Waals surface area contributed by atoms with Gasteiger partial charge in [-0.05, 0) is 43.2 Å². The minimum absolute atomic E-state index is 0.147. The van der Waals surface area contributed by atoms with Crippen molar-refractivity contribution in [2.24, 2.45) is 0 Å². The summed E-state index contributed by atoms with van der Waals surface area (Å²) in [6, 6.07) is 11.5. The van der Waals surface area contributed by atoms with E-state index in [0.29, 0.717) is 17.0 Å². The maximum Gasteiger partial charge on any atom is 0.255 e. The number of hydrogen-bond acceptors (Lipinski definition) is 4. The smallest absolute Gasteiger partial charge is 0.255 e. The molecule has 1 amide bonds. The Labute approximate surface area is 141 Å². The third-order valence-corrected chi connectivity index (χ3v) is 3.96. The fourth-order valence-electron chi connectivity index (χ4n) is 2.29. The number of carbonyl (C=O) groups excluding carboxylic acids is 1. The van der Waals surface area contributed by atoms with E-state index in [9.17, 15) is 4.79 Å². The van der Waals surface area contributed by atoms with Crippen LogP contribution >= 0.6 is 11.9 Å². The van der Waals surface area contributed by atoms with Crippen LogP contribution in [0.4, 0.5) is 11.4 Å². The molecule has 0 aromatic heterocycles. The minimum atomic E-state index is -0.147. The lowest BCUT2D eigenvalue weighted by Gasteiger charge is -2.16. The van der Waals surface area contributed by atoms with E-state index in [1.54, 1.807) is 7.11 Å². The minimum Gasteiger partial charge on any atom is -0.492 e. The summed E-state index contributed by atoms with van der Waals surface area (Å²) in [5, 5.41) is 2.96. The molecule has 0 fully saturated rings. The van der Waals surface area contributed by atoms with Gasteiger partial charge >= 0.3 is 0 Å². The van der Waals surface area contributed by atoms with E-state index in [-0.39, 0.29) is 5.91 Å². The Bertz CT molecular complexity index is 684. The van der Waals surface area contributed by atoms with Crippen molar-refractivity contribution in [3.05, 3.63) is 53.1 Å². The molecule has 0 aliphatic carbocycles. The molecule has 0 saturated carbocycles. The molecule has 0 spiro atoms. The second-order valence-electron chi connectivity index (χ2n) is 5.20. The highest BCUT2D eigenvalue weighted by molar-refractivity contribution is 7.99. The Balaban J connectivity index is 2.35. The first-order chi connectivity index (χ1) is 11.1. The molecule has 122 valence electrons. The number of nitrogens with one attached hydrogen (secondary N) is 2. The number of methoxy groups -OCH3 is 1. The SMILES string of the molecule is CCc1cc(NSC)c(OC)c(NC(=O)c2ccc(C)cc2)c1. The predicted octanol–water partition coefficient (Wildman–Crippen LogP) is 4.51.